The van der Waals surface area contributed by atoms with E-state index < -0.39 is 0 Å². The third-order valence-corrected chi connectivity index (χ3v) is 4.56. The van der Waals surface area contributed by atoms with E-state index in [2.05, 4.69) is 36.4 Å². The standard InChI is InChI=1S/C18H29N3O/c1-4-5-12-21(3)16-8-6-15(7-9-16)18(22)20-17-13-19-11-10-14(17)2/h6-9,14,17,19H,4-5,10-13H2,1-3H3,(H,20,22). The molecule has 2 rings (SSSR count). The first-order valence-electron chi connectivity index (χ1n) is 8.44. The number of hydrogen-bond donors (Lipinski definition) is 2. The smallest absolute Gasteiger partial charge is 0.251 e. The fraction of sp³-hybridized carbons (Fsp3) is 0.611. The summed E-state index contributed by atoms with van der Waals surface area (Å²) in [5, 5.41) is 6.50. The van der Waals surface area contributed by atoms with Gasteiger partial charge in [-0.05, 0) is 49.6 Å². The molecule has 0 aliphatic carbocycles. The molecule has 1 saturated heterocycles. The number of hydrogen-bond acceptors (Lipinski definition) is 3. The van der Waals surface area contributed by atoms with Crippen LogP contribution in [0.4, 0.5) is 5.69 Å². The SMILES string of the molecule is CCCCN(C)c1ccc(C(=O)NC2CNCCC2C)cc1. The number of amides is 1. The summed E-state index contributed by atoms with van der Waals surface area (Å²) >= 11 is 0. The van der Waals surface area contributed by atoms with Crippen LogP contribution in [0.2, 0.25) is 0 Å². The van der Waals surface area contributed by atoms with Gasteiger partial charge in [-0.15, -0.1) is 0 Å². The van der Waals surface area contributed by atoms with Crippen molar-refractivity contribution < 1.29 is 4.79 Å². The lowest BCUT2D eigenvalue weighted by atomic mass is 9.94. The number of nitrogens with zero attached hydrogens (tertiary/aromatic N) is 1. The van der Waals surface area contributed by atoms with Gasteiger partial charge in [0.05, 0.1) is 0 Å². The van der Waals surface area contributed by atoms with Crippen LogP contribution in [-0.2, 0) is 0 Å². The zero-order valence-electron chi connectivity index (χ0n) is 14.1. The number of unbranched alkanes of at least 4 members (excludes halogenated alkanes) is 1. The first-order chi connectivity index (χ1) is 10.6. The van der Waals surface area contributed by atoms with E-state index in [-0.39, 0.29) is 11.9 Å². The van der Waals surface area contributed by atoms with Gasteiger partial charge in [0.1, 0.15) is 0 Å². The number of nitrogens with one attached hydrogen (secondary N) is 2. The van der Waals surface area contributed by atoms with Crippen molar-refractivity contribution in [3.8, 4) is 0 Å². The molecule has 122 valence electrons. The average molecular weight is 303 g/mol. The highest BCUT2D eigenvalue weighted by molar-refractivity contribution is 5.94. The van der Waals surface area contributed by atoms with Crippen LogP contribution in [-0.4, -0.2) is 38.6 Å². The summed E-state index contributed by atoms with van der Waals surface area (Å²) in [7, 11) is 2.10. The molecule has 2 N–H and O–H groups in total. The molecule has 0 spiro atoms. The summed E-state index contributed by atoms with van der Waals surface area (Å²) in [5.41, 5.74) is 1.91. The fourth-order valence-corrected chi connectivity index (χ4v) is 2.83. The molecule has 1 heterocycles. The highest BCUT2D eigenvalue weighted by atomic mass is 16.1. The van der Waals surface area contributed by atoms with Gasteiger partial charge in [-0.2, -0.15) is 0 Å². The number of carbonyl (C=O) groups excluding carboxylic acids is 1. The van der Waals surface area contributed by atoms with E-state index in [1.54, 1.807) is 0 Å². The van der Waals surface area contributed by atoms with Crippen molar-refractivity contribution in [3.63, 3.8) is 0 Å². The Morgan fingerprint density at radius 3 is 2.73 bits per heavy atom. The second-order valence-electron chi connectivity index (χ2n) is 6.37. The first-order valence-corrected chi connectivity index (χ1v) is 8.44. The van der Waals surface area contributed by atoms with Gasteiger partial charge in [0, 0.05) is 37.4 Å². The number of anilines is 1. The van der Waals surface area contributed by atoms with Gasteiger partial charge in [0.15, 0.2) is 0 Å². The van der Waals surface area contributed by atoms with Gasteiger partial charge in [0.2, 0.25) is 0 Å². The molecule has 1 aromatic rings. The Morgan fingerprint density at radius 2 is 2.09 bits per heavy atom. The molecule has 1 aromatic carbocycles. The van der Waals surface area contributed by atoms with Crippen LogP contribution < -0.4 is 15.5 Å². The minimum atomic E-state index is 0.0308. The number of benzene rings is 1. The lowest BCUT2D eigenvalue weighted by molar-refractivity contribution is 0.0915. The third-order valence-electron chi connectivity index (χ3n) is 4.56. The Kier molecular flexibility index (Phi) is 6.25. The highest BCUT2D eigenvalue weighted by Crippen LogP contribution is 2.16. The normalized spacial score (nSPS) is 21.4. The van der Waals surface area contributed by atoms with Gasteiger partial charge in [-0.1, -0.05) is 20.3 Å². The average Bonchev–Trinajstić information content (AvgIpc) is 2.55. The van der Waals surface area contributed by atoms with Crippen LogP contribution in [0.25, 0.3) is 0 Å². The maximum Gasteiger partial charge on any atom is 0.251 e. The predicted molar refractivity (Wildman–Crippen MR) is 92.5 cm³/mol. The van der Waals surface area contributed by atoms with E-state index >= 15 is 0 Å². The fourth-order valence-electron chi connectivity index (χ4n) is 2.83. The molecule has 0 radical (unpaired) electrons. The van der Waals surface area contributed by atoms with Crippen LogP contribution in [0.5, 0.6) is 0 Å². The quantitative estimate of drug-likeness (QED) is 0.849. The predicted octanol–water partition coefficient (Wildman–Crippen LogP) is 2.65. The molecule has 0 saturated carbocycles. The minimum Gasteiger partial charge on any atom is -0.375 e. The van der Waals surface area contributed by atoms with Crippen molar-refractivity contribution in [2.75, 3.05) is 31.6 Å². The summed E-state index contributed by atoms with van der Waals surface area (Å²) < 4.78 is 0. The van der Waals surface area contributed by atoms with Gasteiger partial charge >= 0.3 is 0 Å². The summed E-state index contributed by atoms with van der Waals surface area (Å²) in [6.45, 7) is 7.37. The van der Waals surface area contributed by atoms with Crippen LogP contribution >= 0.6 is 0 Å². The first kappa shape index (κ1) is 16.8. The Hall–Kier alpha value is -1.55. The number of piperidine rings is 1. The largest absolute Gasteiger partial charge is 0.375 e. The second kappa shape index (κ2) is 8.18. The molecular weight excluding hydrogens is 274 g/mol. The van der Waals surface area contributed by atoms with Crippen LogP contribution in [0.15, 0.2) is 24.3 Å². The number of rotatable bonds is 6. The zero-order valence-corrected chi connectivity index (χ0v) is 14.1. The Morgan fingerprint density at radius 1 is 1.36 bits per heavy atom. The molecule has 0 bridgehead atoms. The van der Waals surface area contributed by atoms with Gasteiger partial charge in [-0.3, -0.25) is 4.79 Å². The van der Waals surface area contributed by atoms with E-state index in [9.17, 15) is 4.79 Å². The van der Waals surface area contributed by atoms with Crippen molar-refractivity contribution in [2.45, 2.75) is 39.2 Å². The lowest BCUT2D eigenvalue weighted by Gasteiger charge is -2.30. The molecule has 1 aliphatic rings. The minimum absolute atomic E-state index is 0.0308. The monoisotopic (exact) mass is 303 g/mol. The van der Waals surface area contributed by atoms with Crippen molar-refractivity contribution in [3.05, 3.63) is 29.8 Å². The van der Waals surface area contributed by atoms with Crippen molar-refractivity contribution in [2.24, 2.45) is 5.92 Å². The van der Waals surface area contributed by atoms with Crippen molar-refractivity contribution in [1.82, 2.24) is 10.6 Å². The van der Waals surface area contributed by atoms with E-state index in [0.29, 0.717) is 5.92 Å². The molecule has 1 fully saturated rings. The van der Waals surface area contributed by atoms with Crippen molar-refractivity contribution in [1.29, 1.82) is 0 Å². The highest BCUT2D eigenvalue weighted by Gasteiger charge is 2.22. The topological polar surface area (TPSA) is 44.4 Å². The van der Waals surface area contributed by atoms with E-state index in [0.717, 1.165) is 37.3 Å². The maximum absolute atomic E-state index is 12.4. The molecule has 0 aromatic heterocycles. The van der Waals surface area contributed by atoms with Crippen LogP contribution in [0.1, 0.15) is 43.5 Å². The van der Waals surface area contributed by atoms with Gasteiger partial charge < -0.3 is 15.5 Å². The van der Waals surface area contributed by atoms with E-state index in [4.69, 9.17) is 0 Å². The molecule has 2 atom stereocenters. The maximum atomic E-state index is 12.4. The summed E-state index contributed by atoms with van der Waals surface area (Å²) in [6.07, 6.45) is 3.50. The molecule has 4 nitrogen and oxygen atoms in total. The zero-order chi connectivity index (χ0) is 15.9. The Balaban J connectivity index is 1.93. The third kappa shape index (κ3) is 4.47. The van der Waals surface area contributed by atoms with Gasteiger partial charge in [-0.25, -0.2) is 0 Å². The summed E-state index contributed by atoms with van der Waals surface area (Å²) in [4.78, 5) is 14.6. The number of carbonyl (C=O) groups is 1. The molecular formula is C18H29N3O. The second-order valence-corrected chi connectivity index (χ2v) is 6.37. The molecule has 1 amide bonds. The summed E-state index contributed by atoms with van der Waals surface area (Å²) in [6, 6.07) is 8.15. The molecule has 22 heavy (non-hydrogen) atoms. The van der Waals surface area contributed by atoms with Crippen molar-refractivity contribution >= 4 is 11.6 Å². The molecule has 4 heteroatoms. The summed E-state index contributed by atoms with van der Waals surface area (Å²) in [5.74, 6) is 0.563. The lowest BCUT2D eigenvalue weighted by Crippen LogP contribution is -2.50. The Bertz CT molecular complexity index is 472. The molecule has 1 aliphatic heterocycles. The Labute approximate surface area is 134 Å². The van der Waals surface area contributed by atoms with Crippen LogP contribution in [0.3, 0.4) is 0 Å². The molecule has 2 unspecified atom stereocenters. The van der Waals surface area contributed by atoms with E-state index in [1.165, 1.54) is 12.8 Å². The van der Waals surface area contributed by atoms with E-state index in [1.807, 2.05) is 24.3 Å². The van der Waals surface area contributed by atoms with Crippen LogP contribution in [0, 0.1) is 5.92 Å². The van der Waals surface area contributed by atoms with Gasteiger partial charge in [0.25, 0.3) is 5.91 Å².